The first kappa shape index (κ1) is 15.1. The summed E-state index contributed by atoms with van der Waals surface area (Å²) in [5, 5.41) is 4.02. The number of halogens is 2. The molecule has 2 aromatic rings. The molecule has 0 bridgehead atoms. The van der Waals surface area contributed by atoms with Gasteiger partial charge in [-0.05, 0) is 43.5 Å². The highest BCUT2D eigenvalue weighted by Crippen LogP contribution is 2.36. The van der Waals surface area contributed by atoms with Crippen molar-refractivity contribution < 1.29 is 4.74 Å². The van der Waals surface area contributed by atoms with Gasteiger partial charge in [0.1, 0.15) is 12.4 Å². The maximum atomic E-state index is 5.90. The molecule has 0 amide bonds. The molecule has 0 aliphatic carbocycles. The average Bonchev–Trinajstić information content (AvgIpc) is 2.47. The van der Waals surface area contributed by atoms with Gasteiger partial charge < -0.3 is 10.2 Å². The maximum absolute atomic E-state index is 5.90. The van der Waals surface area contributed by atoms with E-state index in [2.05, 4.69) is 42.4 Å². The van der Waals surface area contributed by atoms with E-state index in [9.17, 15) is 0 Å². The predicted molar refractivity (Wildman–Crippen MR) is 89.3 cm³/mol. The molecule has 5 heteroatoms. The van der Waals surface area contributed by atoms with E-state index in [1.165, 1.54) is 0 Å². The molecule has 2 rings (SSSR count). The number of hydrogen-bond acceptors (Lipinski definition) is 3. The summed E-state index contributed by atoms with van der Waals surface area (Å²) < 4.78 is 7.68. The Balaban J connectivity index is 2.20. The fraction of sp³-hybridized carbons (Fsp3) is 0.133. The molecule has 0 unspecified atom stereocenters. The van der Waals surface area contributed by atoms with Crippen LogP contribution in [-0.4, -0.2) is 13.3 Å². The zero-order chi connectivity index (χ0) is 14.4. The molecule has 0 saturated heterocycles. The Morgan fingerprint density at radius 2 is 1.90 bits per heavy atom. The smallest absolute Gasteiger partial charge is 0.148 e. The number of rotatable bonds is 5. The SMILES string of the molecule is CN/N=C/c1ccc(Br)c(OCc2ccccc2)c1Br. The number of hydrogen-bond donors (Lipinski definition) is 1. The second-order valence-electron chi connectivity index (χ2n) is 4.04. The van der Waals surface area contributed by atoms with Crippen LogP contribution in [0.3, 0.4) is 0 Å². The number of nitrogens with one attached hydrogen (secondary N) is 1. The van der Waals surface area contributed by atoms with Crippen molar-refractivity contribution in [2.24, 2.45) is 5.10 Å². The van der Waals surface area contributed by atoms with Crippen LogP contribution in [0, 0.1) is 0 Å². The van der Waals surface area contributed by atoms with Crippen LogP contribution in [0.15, 0.2) is 56.5 Å². The number of ether oxygens (including phenoxy) is 1. The predicted octanol–water partition coefficient (Wildman–Crippen LogP) is 4.34. The lowest BCUT2D eigenvalue weighted by Gasteiger charge is -2.12. The normalized spacial score (nSPS) is 10.8. The Bertz CT molecular complexity index is 600. The first-order chi connectivity index (χ1) is 9.72. The van der Waals surface area contributed by atoms with Crippen molar-refractivity contribution in [2.45, 2.75) is 6.61 Å². The van der Waals surface area contributed by atoms with Gasteiger partial charge in [0.15, 0.2) is 0 Å². The Kier molecular flexibility index (Phi) is 5.61. The van der Waals surface area contributed by atoms with Gasteiger partial charge in [-0.3, -0.25) is 0 Å². The standard InChI is InChI=1S/C15H14Br2N2O/c1-18-19-9-12-7-8-13(16)15(14(12)17)20-10-11-5-3-2-4-6-11/h2-9,18H,10H2,1H3/b19-9+. The van der Waals surface area contributed by atoms with Crippen molar-refractivity contribution in [1.29, 1.82) is 0 Å². The van der Waals surface area contributed by atoms with Crippen LogP contribution in [0.25, 0.3) is 0 Å². The van der Waals surface area contributed by atoms with E-state index in [-0.39, 0.29) is 0 Å². The van der Waals surface area contributed by atoms with E-state index in [1.807, 2.05) is 42.5 Å². The minimum absolute atomic E-state index is 0.519. The van der Waals surface area contributed by atoms with E-state index in [0.29, 0.717) is 6.61 Å². The zero-order valence-electron chi connectivity index (χ0n) is 10.9. The monoisotopic (exact) mass is 396 g/mol. The number of hydrazone groups is 1. The molecule has 0 heterocycles. The molecular weight excluding hydrogens is 384 g/mol. The molecule has 0 fully saturated rings. The molecule has 0 aliphatic heterocycles. The minimum Gasteiger partial charge on any atom is -0.487 e. The first-order valence-corrected chi connectivity index (χ1v) is 7.65. The van der Waals surface area contributed by atoms with E-state index in [4.69, 9.17) is 4.74 Å². The lowest BCUT2D eigenvalue weighted by molar-refractivity contribution is 0.302. The molecule has 1 N–H and O–H groups in total. The zero-order valence-corrected chi connectivity index (χ0v) is 14.1. The van der Waals surface area contributed by atoms with Crippen molar-refractivity contribution in [3.05, 3.63) is 62.5 Å². The van der Waals surface area contributed by atoms with Crippen LogP contribution in [0.2, 0.25) is 0 Å². The van der Waals surface area contributed by atoms with Crippen molar-refractivity contribution in [2.75, 3.05) is 7.05 Å². The molecule has 3 nitrogen and oxygen atoms in total. The molecule has 104 valence electrons. The van der Waals surface area contributed by atoms with E-state index < -0.39 is 0 Å². The van der Waals surface area contributed by atoms with Crippen molar-refractivity contribution in [1.82, 2.24) is 5.43 Å². The Hall–Kier alpha value is -1.33. The maximum Gasteiger partial charge on any atom is 0.148 e. The summed E-state index contributed by atoms with van der Waals surface area (Å²) in [6.45, 7) is 0.519. The highest BCUT2D eigenvalue weighted by Gasteiger charge is 2.10. The fourth-order valence-electron chi connectivity index (χ4n) is 1.64. The highest BCUT2D eigenvalue weighted by atomic mass is 79.9. The second kappa shape index (κ2) is 7.45. The third kappa shape index (κ3) is 3.84. The minimum atomic E-state index is 0.519. The lowest BCUT2D eigenvalue weighted by Crippen LogP contribution is -2.00. The summed E-state index contributed by atoms with van der Waals surface area (Å²) >= 11 is 7.07. The Morgan fingerprint density at radius 3 is 2.60 bits per heavy atom. The van der Waals surface area contributed by atoms with Gasteiger partial charge in [0.2, 0.25) is 0 Å². The van der Waals surface area contributed by atoms with Gasteiger partial charge in [0.05, 0.1) is 15.2 Å². The van der Waals surface area contributed by atoms with Crippen LogP contribution in [0.1, 0.15) is 11.1 Å². The summed E-state index contributed by atoms with van der Waals surface area (Å²) in [4.78, 5) is 0. The van der Waals surface area contributed by atoms with Crippen molar-refractivity contribution >= 4 is 38.1 Å². The fourth-order valence-corrected chi connectivity index (χ4v) is 2.92. The molecule has 0 spiro atoms. The first-order valence-electron chi connectivity index (χ1n) is 6.07. The average molecular weight is 398 g/mol. The third-order valence-electron chi connectivity index (χ3n) is 2.64. The Labute approximate surface area is 135 Å². The summed E-state index contributed by atoms with van der Waals surface area (Å²) in [5.41, 5.74) is 4.81. The highest BCUT2D eigenvalue weighted by molar-refractivity contribution is 9.11. The van der Waals surface area contributed by atoms with Crippen molar-refractivity contribution in [3.63, 3.8) is 0 Å². The molecule has 0 saturated carbocycles. The van der Waals surface area contributed by atoms with Crippen molar-refractivity contribution in [3.8, 4) is 5.75 Å². The second-order valence-corrected chi connectivity index (χ2v) is 5.68. The molecule has 2 aromatic carbocycles. The van der Waals surface area contributed by atoms with Gasteiger partial charge in [-0.2, -0.15) is 5.10 Å². The summed E-state index contributed by atoms with van der Waals surface area (Å²) in [6, 6.07) is 14.0. The van der Waals surface area contributed by atoms with Crippen LogP contribution < -0.4 is 10.2 Å². The Morgan fingerprint density at radius 1 is 1.15 bits per heavy atom. The lowest BCUT2D eigenvalue weighted by atomic mass is 10.2. The molecule has 20 heavy (non-hydrogen) atoms. The van der Waals surface area contributed by atoms with Crippen LogP contribution in [-0.2, 0) is 6.61 Å². The molecule has 0 radical (unpaired) electrons. The van der Waals surface area contributed by atoms with Crippen LogP contribution in [0.5, 0.6) is 5.75 Å². The molecule has 0 atom stereocenters. The van der Waals surface area contributed by atoms with Crippen LogP contribution in [0.4, 0.5) is 0 Å². The quantitative estimate of drug-likeness (QED) is 0.601. The van der Waals surface area contributed by atoms with Gasteiger partial charge in [-0.15, -0.1) is 0 Å². The van der Waals surface area contributed by atoms with Gasteiger partial charge >= 0.3 is 0 Å². The third-order valence-corrected chi connectivity index (χ3v) is 4.08. The summed E-state index contributed by atoms with van der Waals surface area (Å²) in [7, 11) is 1.76. The van der Waals surface area contributed by atoms with Gasteiger partial charge in [-0.25, -0.2) is 0 Å². The topological polar surface area (TPSA) is 33.6 Å². The van der Waals surface area contributed by atoms with E-state index in [0.717, 1.165) is 25.8 Å². The van der Waals surface area contributed by atoms with E-state index >= 15 is 0 Å². The summed E-state index contributed by atoms with van der Waals surface area (Å²) in [5.74, 6) is 0.772. The molecule has 0 aromatic heterocycles. The molecular formula is C15H14Br2N2O. The van der Waals surface area contributed by atoms with Crippen LogP contribution >= 0.6 is 31.9 Å². The van der Waals surface area contributed by atoms with Gasteiger partial charge in [0.25, 0.3) is 0 Å². The summed E-state index contributed by atoms with van der Waals surface area (Å²) in [6.07, 6.45) is 1.74. The molecule has 0 aliphatic rings. The van der Waals surface area contributed by atoms with Gasteiger partial charge in [0, 0.05) is 12.6 Å². The van der Waals surface area contributed by atoms with E-state index in [1.54, 1.807) is 13.3 Å². The number of nitrogens with zero attached hydrogens (tertiary/aromatic N) is 1. The van der Waals surface area contributed by atoms with Gasteiger partial charge in [-0.1, -0.05) is 36.4 Å². The largest absolute Gasteiger partial charge is 0.487 e. The number of benzene rings is 2.